The molecule has 3 nitrogen and oxygen atoms in total. The fourth-order valence-electron chi connectivity index (χ4n) is 1.56. The van der Waals surface area contributed by atoms with Crippen LogP contribution in [0.2, 0.25) is 0 Å². The first-order chi connectivity index (χ1) is 7.70. The van der Waals surface area contributed by atoms with Crippen LogP contribution in [0.1, 0.15) is 17.1 Å². The summed E-state index contributed by atoms with van der Waals surface area (Å²) >= 11 is 4.36. The molecular weight excluding hydrogens is 220 g/mol. The molecule has 0 saturated carbocycles. The van der Waals surface area contributed by atoms with E-state index in [1.165, 1.54) is 5.56 Å². The molecule has 0 aliphatic rings. The van der Waals surface area contributed by atoms with Gasteiger partial charge in [-0.2, -0.15) is 0 Å². The first-order valence-electron chi connectivity index (χ1n) is 5.06. The van der Waals surface area contributed by atoms with Gasteiger partial charge in [-0.1, -0.05) is 24.9 Å². The summed E-state index contributed by atoms with van der Waals surface area (Å²) in [6, 6.07) is 8.02. The summed E-state index contributed by atoms with van der Waals surface area (Å²) in [6.45, 7) is 1.94. The molecule has 1 aromatic carbocycles. The molecule has 1 aromatic heterocycles. The second-order valence-corrected chi connectivity index (χ2v) is 4.03. The van der Waals surface area contributed by atoms with E-state index in [4.69, 9.17) is 4.74 Å². The van der Waals surface area contributed by atoms with E-state index in [1.807, 2.05) is 29.2 Å². The van der Waals surface area contributed by atoms with Crippen molar-refractivity contribution in [2.24, 2.45) is 0 Å². The second-order valence-electron chi connectivity index (χ2n) is 3.63. The number of thiol groups is 1. The van der Waals surface area contributed by atoms with Gasteiger partial charge in [0, 0.05) is 12.6 Å². The minimum absolute atomic E-state index is 0.828. The molecule has 0 bridgehead atoms. The highest BCUT2D eigenvalue weighted by Crippen LogP contribution is 2.16. The Bertz CT molecular complexity index is 476. The molecule has 0 N–H and O–H groups in total. The summed E-state index contributed by atoms with van der Waals surface area (Å²) in [6.07, 6.45) is 2.68. The summed E-state index contributed by atoms with van der Waals surface area (Å²) in [5, 5.41) is 0. The fourth-order valence-corrected chi connectivity index (χ4v) is 1.73. The average molecular weight is 234 g/mol. The van der Waals surface area contributed by atoms with E-state index in [-0.39, 0.29) is 0 Å². The zero-order valence-electron chi connectivity index (χ0n) is 9.34. The van der Waals surface area contributed by atoms with Gasteiger partial charge in [0.2, 0.25) is 0 Å². The lowest BCUT2D eigenvalue weighted by atomic mass is 10.1. The van der Waals surface area contributed by atoms with Crippen molar-refractivity contribution in [3.05, 3.63) is 47.5 Å². The number of aryl methyl sites for hydroxylation is 1. The van der Waals surface area contributed by atoms with Crippen LogP contribution in [-0.4, -0.2) is 16.1 Å². The molecular formula is C12H14N2OS. The lowest BCUT2D eigenvalue weighted by molar-refractivity contribution is 0.414. The highest BCUT2D eigenvalue weighted by molar-refractivity contribution is 7.78. The molecule has 0 saturated heterocycles. The molecule has 0 radical (unpaired) electrons. The Morgan fingerprint density at radius 2 is 2.00 bits per heavy atom. The van der Waals surface area contributed by atoms with Crippen LogP contribution in [0.15, 0.2) is 30.5 Å². The van der Waals surface area contributed by atoms with Gasteiger partial charge in [-0.3, -0.25) is 3.97 Å². The first kappa shape index (κ1) is 11.1. The maximum absolute atomic E-state index is 5.11. The smallest absolute Gasteiger partial charge is 0.118 e. The molecule has 4 heteroatoms. The van der Waals surface area contributed by atoms with Crippen molar-refractivity contribution in [3.63, 3.8) is 0 Å². The van der Waals surface area contributed by atoms with Crippen LogP contribution in [0.5, 0.6) is 5.75 Å². The van der Waals surface area contributed by atoms with Gasteiger partial charge in [-0.25, -0.2) is 4.98 Å². The van der Waals surface area contributed by atoms with E-state index in [0.717, 1.165) is 23.7 Å². The number of benzene rings is 1. The Kier molecular flexibility index (Phi) is 3.19. The van der Waals surface area contributed by atoms with Gasteiger partial charge in [0.1, 0.15) is 11.6 Å². The molecule has 2 rings (SSSR count). The Hall–Kier alpha value is -1.42. The van der Waals surface area contributed by atoms with E-state index in [0.29, 0.717) is 0 Å². The van der Waals surface area contributed by atoms with Crippen LogP contribution >= 0.6 is 12.8 Å². The van der Waals surface area contributed by atoms with Crippen molar-refractivity contribution in [2.75, 3.05) is 7.11 Å². The number of aromatic nitrogens is 2. The average Bonchev–Trinajstić information content (AvgIpc) is 2.62. The van der Waals surface area contributed by atoms with Crippen molar-refractivity contribution in [1.82, 2.24) is 8.96 Å². The van der Waals surface area contributed by atoms with E-state index >= 15 is 0 Å². The molecule has 84 valence electrons. The summed E-state index contributed by atoms with van der Waals surface area (Å²) in [7, 11) is 1.67. The fraction of sp³-hybridized carbons (Fsp3) is 0.250. The van der Waals surface area contributed by atoms with Gasteiger partial charge in [0.15, 0.2) is 0 Å². The van der Waals surface area contributed by atoms with Gasteiger partial charge in [0.05, 0.1) is 12.8 Å². The quantitative estimate of drug-likeness (QED) is 0.826. The van der Waals surface area contributed by atoms with Gasteiger partial charge >= 0.3 is 0 Å². The molecule has 0 fully saturated rings. The lowest BCUT2D eigenvalue weighted by Crippen LogP contribution is -1.94. The molecule has 16 heavy (non-hydrogen) atoms. The minimum atomic E-state index is 0.828. The third-order valence-corrected chi connectivity index (χ3v) is 3.07. The molecule has 0 atom stereocenters. The summed E-state index contributed by atoms with van der Waals surface area (Å²) in [4.78, 5) is 4.21. The maximum Gasteiger partial charge on any atom is 0.118 e. The Labute approximate surface area is 101 Å². The van der Waals surface area contributed by atoms with E-state index < -0.39 is 0 Å². The zero-order chi connectivity index (χ0) is 11.5. The van der Waals surface area contributed by atoms with Crippen LogP contribution in [-0.2, 0) is 6.42 Å². The van der Waals surface area contributed by atoms with Crippen molar-refractivity contribution >= 4 is 12.8 Å². The first-order valence-corrected chi connectivity index (χ1v) is 5.46. The Balaban J connectivity index is 2.17. The second kappa shape index (κ2) is 4.61. The van der Waals surface area contributed by atoms with Crippen LogP contribution in [0.3, 0.4) is 0 Å². The number of hydrogen-bond donors (Lipinski definition) is 1. The molecule has 0 aliphatic carbocycles. The minimum Gasteiger partial charge on any atom is -0.497 e. The van der Waals surface area contributed by atoms with Gasteiger partial charge in [-0.15, -0.1) is 0 Å². The molecule has 0 spiro atoms. The molecule has 0 unspecified atom stereocenters. The van der Waals surface area contributed by atoms with Crippen molar-refractivity contribution in [1.29, 1.82) is 0 Å². The monoisotopic (exact) mass is 234 g/mol. The zero-order valence-corrected chi connectivity index (χ0v) is 10.2. The third-order valence-electron chi connectivity index (χ3n) is 2.52. The number of rotatable bonds is 3. The van der Waals surface area contributed by atoms with E-state index in [2.05, 4.69) is 29.9 Å². The number of methoxy groups -OCH3 is 1. The van der Waals surface area contributed by atoms with Crippen LogP contribution in [0, 0.1) is 6.92 Å². The van der Waals surface area contributed by atoms with Gasteiger partial charge in [-0.05, 0) is 24.6 Å². The summed E-state index contributed by atoms with van der Waals surface area (Å²) in [5.74, 6) is 1.78. The molecule has 1 heterocycles. The highest BCUT2D eigenvalue weighted by Gasteiger charge is 2.04. The standard InChI is InChI=1S/C12H14N2OS/c1-9-13-8-11(14(9)16)7-10-3-5-12(15-2)6-4-10/h3-6,8,16H,7H2,1-2H3. The molecule has 2 aromatic rings. The third kappa shape index (κ3) is 2.22. The molecule has 0 aliphatic heterocycles. The normalized spacial score (nSPS) is 10.4. The van der Waals surface area contributed by atoms with E-state index in [1.54, 1.807) is 7.11 Å². The summed E-state index contributed by atoms with van der Waals surface area (Å²) < 4.78 is 6.92. The van der Waals surface area contributed by atoms with Crippen molar-refractivity contribution < 1.29 is 4.74 Å². The van der Waals surface area contributed by atoms with E-state index in [9.17, 15) is 0 Å². The summed E-state index contributed by atoms with van der Waals surface area (Å²) in [5.41, 5.74) is 2.31. The van der Waals surface area contributed by atoms with Crippen molar-refractivity contribution in [2.45, 2.75) is 13.3 Å². The highest BCUT2D eigenvalue weighted by atomic mass is 32.1. The Morgan fingerprint density at radius 3 is 2.50 bits per heavy atom. The van der Waals surface area contributed by atoms with Gasteiger partial charge in [0.25, 0.3) is 0 Å². The van der Waals surface area contributed by atoms with Crippen LogP contribution < -0.4 is 4.74 Å². The van der Waals surface area contributed by atoms with Crippen molar-refractivity contribution in [3.8, 4) is 5.75 Å². The predicted octanol–water partition coefficient (Wildman–Crippen LogP) is 2.48. The lowest BCUT2D eigenvalue weighted by Gasteiger charge is -2.04. The number of hydrogen-bond acceptors (Lipinski definition) is 3. The number of ether oxygens (including phenoxy) is 1. The van der Waals surface area contributed by atoms with Gasteiger partial charge < -0.3 is 4.74 Å². The molecule has 0 amide bonds. The largest absolute Gasteiger partial charge is 0.497 e. The number of imidazole rings is 1. The topological polar surface area (TPSA) is 27.1 Å². The number of nitrogens with zero attached hydrogens (tertiary/aromatic N) is 2. The Morgan fingerprint density at radius 1 is 1.31 bits per heavy atom. The van der Waals surface area contributed by atoms with Crippen LogP contribution in [0.25, 0.3) is 0 Å². The predicted molar refractivity (Wildman–Crippen MR) is 67.1 cm³/mol. The maximum atomic E-state index is 5.11. The SMILES string of the molecule is COc1ccc(Cc2cnc(C)n2S)cc1. The van der Waals surface area contributed by atoms with Crippen LogP contribution in [0.4, 0.5) is 0 Å².